The first-order valence-electron chi connectivity index (χ1n) is 6.89. The van der Waals surface area contributed by atoms with Crippen LogP contribution in [0.2, 0.25) is 0 Å². The second-order valence-corrected chi connectivity index (χ2v) is 4.11. The molecule has 0 aromatic carbocycles. The first-order chi connectivity index (χ1) is 8.60. The van der Waals surface area contributed by atoms with Crippen molar-refractivity contribution in [2.75, 3.05) is 39.3 Å². The van der Waals surface area contributed by atoms with Crippen LogP contribution in [-0.4, -0.2) is 60.9 Å². The lowest BCUT2D eigenvalue weighted by molar-refractivity contribution is -0.145. The smallest absolute Gasteiger partial charge is 0.311 e. The molecule has 106 valence electrons. The Balaban J connectivity index is 3.86. The summed E-state index contributed by atoms with van der Waals surface area (Å²) in [6, 6.07) is 0. The molecule has 5 nitrogen and oxygen atoms in total. The third-order valence-electron chi connectivity index (χ3n) is 3.08. The van der Waals surface area contributed by atoms with Crippen molar-refractivity contribution in [3.05, 3.63) is 0 Å². The zero-order chi connectivity index (χ0) is 14.0. The molecule has 0 rings (SSSR count). The van der Waals surface area contributed by atoms with Crippen LogP contribution in [0.1, 0.15) is 34.1 Å². The van der Waals surface area contributed by atoms with Crippen molar-refractivity contribution in [3.63, 3.8) is 0 Å². The van der Waals surface area contributed by atoms with Gasteiger partial charge in [-0.1, -0.05) is 13.8 Å². The predicted octanol–water partition coefficient (Wildman–Crippen LogP) is 0.703. The fourth-order valence-electron chi connectivity index (χ4n) is 1.77. The topological polar surface area (TPSA) is 52.7 Å². The number of rotatable bonds is 8. The lowest BCUT2D eigenvalue weighted by Crippen LogP contribution is -2.43. The van der Waals surface area contributed by atoms with Gasteiger partial charge in [0.15, 0.2) is 0 Å². The van der Waals surface area contributed by atoms with Crippen LogP contribution in [-0.2, 0) is 9.59 Å². The van der Waals surface area contributed by atoms with Crippen LogP contribution in [0.25, 0.3) is 0 Å². The summed E-state index contributed by atoms with van der Waals surface area (Å²) in [5, 5.41) is 2.68. The molecule has 0 aromatic heterocycles. The highest BCUT2D eigenvalue weighted by atomic mass is 16.2. The van der Waals surface area contributed by atoms with Gasteiger partial charge in [0, 0.05) is 19.6 Å². The van der Waals surface area contributed by atoms with Crippen LogP contribution >= 0.6 is 0 Å². The van der Waals surface area contributed by atoms with Crippen LogP contribution < -0.4 is 5.32 Å². The van der Waals surface area contributed by atoms with Gasteiger partial charge in [0.25, 0.3) is 0 Å². The lowest BCUT2D eigenvalue weighted by atomic mass is 10.3. The molecular formula is C13H27N3O2. The molecule has 0 fully saturated rings. The Hall–Kier alpha value is -1.10. The number of carbonyl (C=O) groups excluding carboxylic acids is 2. The number of amides is 2. The highest BCUT2D eigenvalue weighted by Crippen LogP contribution is 1.91. The van der Waals surface area contributed by atoms with Crippen LogP contribution in [0.3, 0.4) is 0 Å². The second kappa shape index (κ2) is 9.88. The number of hydrogen-bond acceptors (Lipinski definition) is 3. The number of carbonyl (C=O) groups is 2. The third-order valence-corrected chi connectivity index (χ3v) is 3.08. The van der Waals surface area contributed by atoms with Crippen molar-refractivity contribution in [2.24, 2.45) is 0 Å². The Kier molecular flexibility index (Phi) is 9.28. The summed E-state index contributed by atoms with van der Waals surface area (Å²) in [7, 11) is 0. The average molecular weight is 257 g/mol. The lowest BCUT2D eigenvalue weighted by Gasteiger charge is -2.19. The van der Waals surface area contributed by atoms with Crippen molar-refractivity contribution >= 4 is 11.8 Å². The van der Waals surface area contributed by atoms with Crippen LogP contribution in [0, 0.1) is 0 Å². The zero-order valence-corrected chi connectivity index (χ0v) is 12.2. The Morgan fingerprint density at radius 3 is 1.94 bits per heavy atom. The minimum Gasteiger partial charge on any atom is -0.348 e. The molecule has 0 spiro atoms. The first kappa shape index (κ1) is 16.9. The summed E-state index contributed by atoms with van der Waals surface area (Å²) in [4.78, 5) is 27.0. The molecule has 18 heavy (non-hydrogen) atoms. The molecule has 1 N–H and O–H groups in total. The van der Waals surface area contributed by atoms with Gasteiger partial charge in [-0.2, -0.15) is 0 Å². The van der Waals surface area contributed by atoms with Crippen molar-refractivity contribution in [1.29, 1.82) is 0 Å². The molecule has 0 saturated heterocycles. The molecule has 5 heteroatoms. The largest absolute Gasteiger partial charge is 0.348 e. The van der Waals surface area contributed by atoms with Crippen molar-refractivity contribution in [3.8, 4) is 0 Å². The molecule has 0 bridgehead atoms. The van der Waals surface area contributed by atoms with Gasteiger partial charge in [0.2, 0.25) is 0 Å². The second-order valence-electron chi connectivity index (χ2n) is 4.11. The van der Waals surface area contributed by atoms with E-state index in [1.807, 2.05) is 13.8 Å². The van der Waals surface area contributed by atoms with Crippen LogP contribution in [0.4, 0.5) is 0 Å². The maximum Gasteiger partial charge on any atom is 0.311 e. The Labute approximate surface area is 111 Å². The zero-order valence-electron chi connectivity index (χ0n) is 12.2. The van der Waals surface area contributed by atoms with E-state index in [1.165, 1.54) is 4.90 Å². The highest BCUT2D eigenvalue weighted by molar-refractivity contribution is 6.34. The van der Waals surface area contributed by atoms with Gasteiger partial charge in [0.1, 0.15) is 0 Å². The van der Waals surface area contributed by atoms with Gasteiger partial charge in [-0.15, -0.1) is 0 Å². The van der Waals surface area contributed by atoms with E-state index < -0.39 is 11.8 Å². The molecule has 0 atom stereocenters. The number of likely N-dealkylation sites (N-methyl/N-ethyl adjacent to an activating group) is 1. The monoisotopic (exact) mass is 257 g/mol. The minimum absolute atomic E-state index is 0.428. The Bertz CT molecular complexity index is 249. The molecule has 2 amide bonds. The fourth-order valence-corrected chi connectivity index (χ4v) is 1.77. The SMILES string of the molecule is CCN(CC)CCCNC(=O)C(=O)N(CC)CC. The molecule has 0 aliphatic carbocycles. The van der Waals surface area contributed by atoms with Crippen molar-refractivity contribution in [1.82, 2.24) is 15.1 Å². The molecule has 0 heterocycles. The van der Waals surface area contributed by atoms with E-state index in [2.05, 4.69) is 24.1 Å². The predicted molar refractivity (Wildman–Crippen MR) is 73.3 cm³/mol. The summed E-state index contributed by atoms with van der Waals surface area (Å²) in [5.41, 5.74) is 0. The van der Waals surface area contributed by atoms with Gasteiger partial charge in [0.05, 0.1) is 0 Å². The summed E-state index contributed by atoms with van der Waals surface area (Å²) >= 11 is 0. The van der Waals surface area contributed by atoms with Crippen molar-refractivity contribution in [2.45, 2.75) is 34.1 Å². The van der Waals surface area contributed by atoms with Gasteiger partial charge in [-0.3, -0.25) is 9.59 Å². The van der Waals surface area contributed by atoms with Crippen molar-refractivity contribution < 1.29 is 9.59 Å². The van der Waals surface area contributed by atoms with Gasteiger partial charge in [-0.05, 0) is 39.9 Å². The van der Waals surface area contributed by atoms with Gasteiger partial charge in [-0.25, -0.2) is 0 Å². The quantitative estimate of drug-likeness (QED) is 0.514. The van der Waals surface area contributed by atoms with E-state index in [9.17, 15) is 9.59 Å². The van der Waals surface area contributed by atoms with Crippen LogP contribution in [0.15, 0.2) is 0 Å². The van der Waals surface area contributed by atoms with Gasteiger partial charge < -0.3 is 15.1 Å². The normalized spacial score (nSPS) is 10.5. The first-order valence-corrected chi connectivity index (χ1v) is 6.89. The summed E-state index contributed by atoms with van der Waals surface area (Å²) in [6.45, 7) is 12.7. The van der Waals surface area contributed by atoms with E-state index in [1.54, 1.807) is 0 Å². The summed E-state index contributed by atoms with van der Waals surface area (Å²) in [6.07, 6.45) is 0.874. The Morgan fingerprint density at radius 1 is 0.944 bits per heavy atom. The Morgan fingerprint density at radius 2 is 1.50 bits per heavy atom. The van der Waals surface area contributed by atoms with E-state index >= 15 is 0 Å². The third kappa shape index (κ3) is 6.00. The van der Waals surface area contributed by atoms with Gasteiger partial charge >= 0.3 is 11.8 Å². The molecule has 0 unspecified atom stereocenters. The van der Waals surface area contributed by atoms with E-state index in [4.69, 9.17) is 0 Å². The fraction of sp³-hybridized carbons (Fsp3) is 0.846. The maximum atomic E-state index is 11.6. The number of hydrogen-bond donors (Lipinski definition) is 1. The van der Waals surface area contributed by atoms with E-state index in [0.717, 1.165) is 26.1 Å². The average Bonchev–Trinajstić information content (AvgIpc) is 2.40. The number of nitrogens with one attached hydrogen (secondary N) is 1. The number of nitrogens with zero attached hydrogens (tertiary/aromatic N) is 2. The molecule has 0 aliphatic heterocycles. The summed E-state index contributed by atoms with van der Waals surface area (Å²) < 4.78 is 0. The molecule has 0 radical (unpaired) electrons. The maximum absolute atomic E-state index is 11.6. The van der Waals surface area contributed by atoms with E-state index in [0.29, 0.717) is 19.6 Å². The molecular weight excluding hydrogens is 230 g/mol. The van der Waals surface area contributed by atoms with E-state index in [-0.39, 0.29) is 0 Å². The molecule has 0 aliphatic rings. The molecule has 0 aromatic rings. The highest BCUT2D eigenvalue weighted by Gasteiger charge is 2.18. The summed E-state index contributed by atoms with van der Waals surface area (Å²) in [5.74, 6) is -0.916. The minimum atomic E-state index is -0.488. The standard InChI is InChI=1S/C13H27N3O2/c1-5-15(6-2)11-9-10-14-12(17)13(18)16(7-3)8-4/h5-11H2,1-4H3,(H,14,17). The van der Waals surface area contributed by atoms with Crippen LogP contribution in [0.5, 0.6) is 0 Å². The molecule has 0 saturated carbocycles.